The molecule has 2 N–H and O–H groups in total. The SMILES string of the molecule is CNC(=O)NCc1ccc(OC)c([N+](=O)[O-])c1. The minimum atomic E-state index is -0.526. The molecule has 0 aliphatic carbocycles. The van der Waals surface area contributed by atoms with E-state index in [1.807, 2.05) is 0 Å². The molecule has 0 fully saturated rings. The van der Waals surface area contributed by atoms with Crippen LogP contribution in [0.2, 0.25) is 0 Å². The summed E-state index contributed by atoms with van der Waals surface area (Å²) < 4.78 is 4.87. The van der Waals surface area contributed by atoms with Gasteiger partial charge in [0, 0.05) is 19.7 Å². The average Bonchev–Trinajstić information content (AvgIpc) is 2.35. The number of rotatable bonds is 4. The number of carbonyl (C=O) groups is 1. The van der Waals surface area contributed by atoms with E-state index in [9.17, 15) is 14.9 Å². The first kappa shape index (κ1) is 12.8. The number of nitro groups is 1. The first-order valence-corrected chi connectivity index (χ1v) is 4.85. The van der Waals surface area contributed by atoms with E-state index in [4.69, 9.17) is 4.74 Å². The molecule has 0 aliphatic heterocycles. The van der Waals surface area contributed by atoms with Gasteiger partial charge >= 0.3 is 11.7 Å². The monoisotopic (exact) mass is 239 g/mol. The van der Waals surface area contributed by atoms with E-state index >= 15 is 0 Å². The van der Waals surface area contributed by atoms with E-state index in [1.165, 1.54) is 26.3 Å². The molecule has 0 radical (unpaired) electrons. The molecule has 92 valence electrons. The van der Waals surface area contributed by atoms with Crippen LogP contribution in [-0.4, -0.2) is 25.1 Å². The average molecular weight is 239 g/mol. The van der Waals surface area contributed by atoms with Gasteiger partial charge in [0.15, 0.2) is 5.75 Å². The lowest BCUT2D eigenvalue weighted by atomic mass is 10.2. The number of hydrogen-bond donors (Lipinski definition) is 2. The van der Waals surface area contributed by atoms with Gasteiger partial charge in [0.2, 0.25) is 0 Å². The van der Waals surface area contributed by atoms with E-state index in [0.717, 1.165) is 0 Å². The lowest BCUT2D eigenvalue weighted by Gasteiger charge is -2.06. The van der Waals surface area contributed by atoms with Gasteiger partial charge in [0.05, 0.1) is 12.0 Å². The minimum Gasteiger partial charge on any atom is -0.490 e. The maximum atomic E-state index is 10.9. The van der Waals surface area contributed by atoms with Gasteiger partial charge in [-0.25, -0.2) is 4.79 Å². The normalized spacial score (nSPS) is 9.53. The minimum absolute atomic E-state index is 0.122. The molecule has 0 aliphatic rings. The Morgan fingerprint density at radius 1 is 1.53 bits per heavy atom. The second kappa shape index (κ2) is 5.69. The van der Waals surface area contributed by atoms with Crippen molar-refractivity contribution in [3.63, 3.8) is 0 Å². The zero-order chi connectivity index (χ0) is 12.8. The van der Waals surface area contributed by atoms with Gasteiger partial charge in [-0.05, 0) is 11.6 Å². The number of amides is 2. The summed E-state index contributed by atoms with van der Waals surface area (Å²) in [4.78, 5) is 21.2. The molecule has 1 aromatic carbocycles. The summed E-state index contributed by atoms with van der Waals surface area (Å²) in [7, 11) is 2.86. The number of carbonyl (C=O) groups excluding carboxylic acids is 1. The van der Waals surface area contributed by atoms with Crippen molar-refractivity contribution < 1.29 is 14.5 Å². The maximum Gasteiger partial charge on any atom is 0.314 e. The highest BCUT2D eigenvalue weighted by Crippen LogP contribution is 2.27. The second-order valence-electron chi connectivity index (χ2n) is 3.20. The van der Waals surface area contributed by atoms with E-state index in [1.54, 1.807) is 6.07 Å². The lowest BCUT2D eigenvalue weighted by Crippen LogP contribution is -2.32. The standard InChI is InChI=1S/C10H13N3O4/c1-11-10(14)12-6-7-3-4-9(17-2)8(5-7)13(15)16/h3-5H,6H2,1-2H3,(H2,11,12,14). The highest BCUT2D eigenvalue weighted by Gasteiger charge is 2.15. The molecule has 0 unspecified atom stereocenters. The van der Waals surface area contributed by atoms with Crippen LogP contribution in [0.4, 0.5) is 10.5 Å². The number of benzene rings is 1. The van der Waals surface area contributed by atoms with Crippen LogP contribution in [0.1, 0.15) is 5.56 Å². The molecular weight excluding hydrogens is 226 g/mol. The van der Waals surface area contributed by atoms with Gasteiger partial charge in [-0.3, -0.25) is 10.1 Å². The van der Waals surface area contributed by atoms with Crippen LogP contribution in [-0.2, 0) is 6.54 Å². The number of nitrogens with one attached hydrogen (secondary N) is 2. The van der Waals surface area contributed by atoms with Crippen molar-refractivity contribution in [1.82, 2.24) is 10.6 Å². The van der Waals surface area contributed by atoms with Gasteiger partial charge in [0.1, 0.15) is 0 Å². The van der Waals surface area contributed by atoms with Crippen LogP contribution >= 0.6 is 0 Å². The van der Waals surface area contributed by atoms with E-state index < -0.39 is 4.92 Å². The molecule has 1 aromatic rings. The lowest BCUT2D eigenvalue weighted by molar-refractivity contribution is -0.385. The molecule has 0 aromatic heterocycles. The number of methoxy groups -OCH3 is 1. The van der Waals surface area contributed by atoms with Crippen LogP contribution < -0.4 is 15.4 Å². The van der Waals surface area contributed by atoms with Crippen LogP contribution in [0.3, 0.4) is 0 Å². The summed E-state index contributed by atoms with van der Waals surface area (Å²) in [5, 5.41) is 15.7. The summed E-state index contributed by atoms with van der Waals surface area (Å²) in [6.07, 6.45) is 0. The largest absolute Gasteiger partial charge is 0.490 e. The van der Waals surface area contributed by atoms with Gasteiger partial charge in [-0.1, -0.05) is 6.07 Å². The van der Waals surface area contributed by atoms with Crippen molar-refractivity contribution in [1.29, 1.82) is 0 Å². The first-order valence-electron chi connectivity index (χ1n) is 4.85. The highest BCUT2D eigenvalue weighted by atomic mass is 16.6. The van der Waals surface area contributed by atoms with E-state index in [-0.39, 0.29) is 24.0 Å². The Balaban J connectivity index is 2.85. The Morgan fingerprint density at radius 3 is 2.76 bits per heavy atom. The van der Waals surface area contributed by atoms with Gasteiger partial charge in [-0.2, -0.15) is 0 Å². The highest BCUT2D eigenvalue weighted by molar-refractivity contribution is 5.73. The van der Waals surface area contributed by atoms with Gasteiger partial charge < -0.3 is 15.4 Å². The molecule has 7 nitrogen and oxygen atoms in total. The Labute approximate surface area is 97.9 Å². The number of ether oxygens (including phenoxy) is 1. The number of nitro benzene ring substituents is 1. The zero-order valence-electron chi connectivity index (χ0n) is 9.52. The third-order valence-corrected chi connectivity index (χ3v) is 2.12. The molecule has 7 heteroatoms. The predicted octanol–water partition coefficient (Wildman–Crippen LogP) is 1.03. The summed E-state index contributed by atoms with van der Waals surface area (Å²) in [6.45, 7) is 0.213. The summed E-state index contributed by atoms with van der Waals surface area (Å²) in [5.41, 5.74) is 0.504. The fourth-order valence-electron chi connectivity index (χ4n) is 1.26. The van der Waals surface area contributed by atoms with Gasteiger partial charge in [-0.15, -0.1) is 0 Å². The van der Waals surface area contributed by atoms with Crippen molar-refractivity contribution in [3.8, 4) is 5.75 Å². The summed E-state index contributed by atoms with van der Waals surface area (Å²) >= 11 is 0. The number of urea groups is 1. The molecular formula is C10H13N3O4. The van der Waals surface area contributed by atoms with Crippen molar-refractivity contribution in [2.45, 2.75) is 6.54 Å². The molecule has 0 atom stereocenters. The smallest absolute Gasteiger partial charge is 0.314 e. The maximum absolute atomic E-state index is 10.9. The topological polar surface area (TPSA) is 93.5 Å². The Hall–Kier alpha value is -2.31. The molecule has 17 heavy (non-hydrogen) atoms. The number of hydrogen-bond acceptors (Lipinski definition) is 4. The van der Waals surface area contributed by atoms with Gasteiger partial charge in [0.25, 0.3) is 0 Å². The van der Waals surface area contributed by atoms with Crippen molar-refractivity contribution in [3.05, 3.63) is 33.9 Å². The molecule has 1 rings (SSSR count). The Kier molecular flexibility index (Phi) is 4.27. The second-order valence-corrected chi connectivity index (χ2v) is 3.20. The van der Waals surface area contributed by atoms with Crippen LogP contribution in [0, 0.1) is 10.1 Å². The first-order chi connectivity index (χ1) is 8.08. The van der Waals surface area contributed by atoms with Crippen LogP contribution in [0.25, 0.3) is 0 Å². The van der Waals surface area contributed by atoms with Crippen molar-refractivity contribution >= 4 is 11.7 Å². The molecule has 0 spiro atoms. The predicted molar refractivity (Wildman–Crippen MR) is 60.9 cm³/mol. The third-order valence-electron chi connectivity index (χ3n) is 2.12. The zero-order valence-corrected chi connectivity index (χ0v) is 9.52. The quantitative estimate of drug-likeness (QED) is 0.606. The fourth-order valence-corrected chi connectivity index (χ4v) is 1.26. The molecule has 2 amide bonds. The Bertz CT molecular complexity index is 434. The van der Waals surface area contributed by atoms with E-state index in [2.05, 4.69) is 10.6 Å². The summed E-state index contributed by atoms with van der Waals surface area (Å²) in [5.74, 6) is 0.193. The summed E-state index contributed by atoms with van der Waals surface area (Å²) in [6, 6.07) is 4.18. The third kappa shape index (κ3) is 3.33. The molecule has 0 bridgehead atoms. The van der Waals surface area contributed by atoms with Crippen molar-refractivity contribution in [2.24, 2.45) is 0 Å². The van der Waals surface area contributed by atoms with Crippen LogP contribution in [0.15, 0.2) is 18.2 Å². The molecule has 0 saturated heterocycles. The number of nitrogens with zero attached hydrogens (tertiary/aromatic N) is 1. The fraction of sp³-hybridized carbons (Fsp3) is 0.300. The van der Waals surface area contributed by atoms with Crippen LogP contribution in [0.5, 0.6) is 5.75 Å². The molecule has 0 heterocycles. The van der Waals surface area contributed by atoms with E-state index in [0.29, 0.717) is 5.56 Å². The Morgan fingerprint density at radius 2 is 2.24 bits per heavy atom. The molecule has 0 saturated carbocycles. The van der Waals surface area contributed by atoms with Crippen molar-refractivity contribution in [2.75, 3.05) is 14.2 Å².